The summed E-state index contributed by atoms with van der Waals surface area (Å²) in [5.41, 5.74) is 3.11. The molecule has 4 rings (SSSR count). The Morgan fingerprint density at radius 2 is 1.86 bits per heavy atom. The van der Waals surface area contributed by atoms with Gasteiger partial charge in [-0.2, -0.15) is 0 Å². The lowest BCUT2D eigenvalue weighted by atomic mass is 10.2. The molecule has 1 atom stereocenters. The van der Waals surface area contributed by atoms with Gasteiger partial charge in [0.05, 0.1) is 11.8 Å². The Morgan fingerprint density at radius 3 is 2.57 bits per heavy atom. The van der Waals surface area contributed by atoms with Gasteiger partial charge in [-0.1, -0.05) is 60.3 Å². The highest BCUT2D eigenvalue weighted by atomic mass is 32.2. The first kappa shape index (κ1) is 18.7. The maximum atomic E-state index is 12.7. The van der Waals surface area contributed by atoms with E-state index in [-0.39, 0.29) is 11.2 Å². The third-order valence-corrected chi connectivity index (χ3v) is 6.01. The largest absolute Gasteiger partial charge is 0.325 e. The van der Waals surface area contributed by atoms with Crippen LogP contribution in [0.1, 0.15) is 42.6 Å². The summed E-state index contributed by atoms with van der Waals surface area (Å²) in [5.74, 6) is 1.51. The van der Waals surface area contributed by atoms with Crippen LogP contribution in [0, 0.1) is 6.92 Å². The van der Waals surface area contributed by atoms with Gasteiger partial charge in [0.15, 0.2) is 5.16 Å². The first-order valence-corrected chi connectivity index (χ1v) is 10.5. The van der Waals surface area contributed by atoms with Crippen molar-refractivity contribution in [1.29, 1.82) is 0 Å². The van der Waals surface area contributed by atoms with Crippen molar-refractivity contribution in [3.8, 4) is 0 Å². The van der Waals surface area contributed by atoms with Gasteiger partial charge < -0.3 is 9.88 Å². The summed E-state index contributed by atoms with van der Waals surface area (Å²) < 4.78 is 2.18. The maximum absolute atomic E-state index is 12.7. The summed E-state index contributed by atoms with van der Waals surface area (Å²) in [5, 5.41) is 12.4. The zero-order valence-corrected chi connectivity index (χ0v) is 16.9. The predicted octanol–water partition coefficient (Wildman–Crippen LogP) is 4.63. The van der Waals surface area contributed by atoms with E-state index in [4.69, 9.17) is 0 Å². The van der Waals surface area contributed by atoms with Gasteiger partial charge in [-0.05, 0) is 43.9 Å². The first-order chi connectivity index (χ1) is 13.6. The number of rotatable bonds is 7. The van der Waals surface area contributed by atoms with Crippen LogP contribution in [-0.2, 0) is 11.3 Å². The fraction of sp³-hybridized carbons (Fsp3) is 0.318. The van der Waals surface area contributed by atoms with Crippen molar-refractivity contribution < 1.29 is 4.79 Å². The van der Waals surface area contributed by atoms with Crippen LogP contribution < -0.4 is 5.32 Å². The minimum Gasteiger partial charge on any atom is -0.325 e. The molecule has 0 saturated heterocycles. The van der Waals surface area contributed by atoms with Crippen molar-refractivity contribution in [3.63, 3.8) is 0 Å². The van der Waals surface area contributed by atoms with Crippen LogP contribution in [0.3, 0.4) is 0 Å². The lowest BCUT2D eigenvalue weighted by molar-refractivity contribution is -0.115. The molecule has 144 valence electrons. The van der Waals surface area contributed by atoms with Crippen molar-refractivity contribution in [2.24, 2.45) is 0 Å². The Kier molecular flexibility index (Phi) is 5.48. The molecule has 1 unspecified atom stereocenters. The average molecular weight is 393 g/mol. The molecule has 3 aromatic rings. The number of nitrogens with zero attached hydrogens (tertiary/aromatic N) is 3. The van der Waals surface area contributed by atoms with E-state index in [2.05, 4.69) is 32.2 Å². The van der Waals surface area contributed by atoms with Crippen molar-refractivity contribution in [1.82, 2.24) is 14.8 Å². The lowest BCUT2D eigenvalue weighted by Gasteiger charge is -2.15. The molecule has 1 saturated carbocycles. The van der Waals surface area contributed by atoms with E-state index in [0.717, 1.165) is 28.8 Å². The van der Waals surface area contributed by atoms with Crippen LogP contribution in [-0.4, -0.2) is 25.9 Å². The number of para-hydroxylation sites is 1. The van der Waals surface area contributed by atoms with Crippen LogP contribution in [0.2, 0.25) is 0 Å². The highest BCUT2D eigenvalue weighted by Crippen LogP contribution is 2.40. The van der Waals surface area contributed by atoms with E-state index >= 15 is 0 Å². The monoisotopic (exact) mass is 392 g/mol. The second-order valence-electron chi connectivity index (χ2n) is 7.25. The number of benzene rings is 2. The highest BCUT2D eigenvalue weighted by Gasteiger charge is 2.31. The SMILES string of the molecule is Cc1ccccc1NC(=O)C(C)Sc1nnc(C2CC2)n1Cc1ccccc1. The van der Waals surface area contributed by atoms with Crippen LogP contribution >= 0.6 is 11.8 Å². The van der Waals surface area contributed by atoms with Gasteiger partial charge in [-0.3, -0.25) is 4.79 Å². The Hall–Kier alpha value is -2.60. The molecule has 5 nitrogen and oxygen atoms in total. The number of aromatic nitrogens is 3. The number of nitrogens with one attached hydrogen (secondary N) is 1. The summed E-state index contributed by atoms with van der Waals surface area (Å²) in [7, 11) is 0. The van der Waals surface area contributed by atoms with Crippen LogP contribution in [0.15, 0.2) is 59.8 Å². The Bertz CT molecular complexity index is 966. The average Bonchev–Trinajstić information content (AvgIpc) is 3.47. The zero-order valence-electron chi connectivity index (χ0n) is 16.1. The molecular weight excluding hydrogens is 368 g/mol. The quantitative estimate of drug-likeness (QED) is 0.596. The summed E-state index contributed by atoms with van der Waals surface area (Å²) in [6.45, 7) is 4.64. The highest BCUT2D eigenvalue weighted by molar-refractivity contribution is 8.00. The van der Waals surface area contributed by atoms with Gasteiger partial charge in [0, 0.05) is 11.6 Å². The van der Waals surface area contributed by atoms with E-state index in [0.29, 0.717) is 5.92 Å². The Balaban J connectivity index is 1.51. The van der Waals surface area contributed by atoms with Gasteiger partial charge >= 0.3 is 0 Å². The number of hydrogen-bond donors (Lipinski definition) is 1. The fourth-order valence-electron chi connectivity index (χ4n) is 3.10. The Morgan fingerprint density at radius 1 is 1.14 bits per heavy atom. The summed E-state index contributed by atoms with van der Waals surface area (Å²) >= 11 is 1.47. The molecule has 1 aliphatic carbocycles. The second kappa shape index (κ2) is 8.19. The van der Waals surface area contributed by atoms with Gasteiger partial charge in [0.25, 0.3) is 0 Å². The van der Waals surface area contributed by atoms with E-state index in [1.54, 1.807) is 0 Å². The third-order valence-electron chi connectivity index (χ3n) is 4.93. The number of aryl methyl sites for hydroxylation is 1. The van der Waals surface area contributed by atoms with E-state index in [1.807, 2.05) is 56.3 Å². The molecular formula is C22H24N4OS. The van der Waals surface area contributed by atoms with Crippen molar-refractivity contribution >= 4 is 23.4 Å². The first-order valence-electron chi connectivity index (χ1n) is 9.62. The van der Waals surface area contributed by atoms with E-state index in [9.17, 15) is 4.79 Å². The molecule has 0 bridgehead atoms. The smallest absolute Gasteiger partial charge is 0.237 e. The lowest BCUT2D eigenvalue weighted by Crippen LogP contribution is -2.23. The van der Waals surface area contributed by atoms with Crippen LogP contribution in [0.25, 0.3) is 0 Å². The van der Waals surface area contributed by atoms with Crippen molar-refractivity contribution in [2.45, 2.75) is 49.6 Å². The molecule has 28 heavy (non-hydrogen) atoms. The number of amides is 1. The number of carbonyl (C=O) groups is 1. The Labute approximate surface area is 169 Å². The molecule has 6 heteroatoms. The number of hydrogen-bond acceptors (Lipinski definition) is 4. The van der Waals surface area contributed by atoms with Gasteiger partial charge in [0.1, 0.15) is 5.82 Å². The molecule has 1 aromatic heterocycles. The molecule has 1 heterocycles. The summed E-state index contributed by atoms with van der Waals surface area (Å²) in [6.07, 6.45) is 2.34. The molecule has 2 aromatic carbocycles. The second-order valence-corrected chi connectivity index (χ2v) is 8.56. The molecule has 1 fully saturated rings. The summed E-state index contributed by atoms with van der Waals surface area (Å²) in [6, 6.07) is 18.1. The van der Waals surface area contributed by atoms with Gasteiger partial charge in [-0.25, -0.2) is 0 Å². The van der Waals surface area contributed by atoms with E-state index < -0.39 is 0 Å². The van der Waals surface area contributed by atoms with Crippen molar-refractivity contribution in [3.05, 3.63) is 71.5 Å². The van der Waals surface area contributed by atoms with Crippen LogP contribution in [0.4, 0.5) is 5.69 Å². The zero-order chi connectivity index (χ0) is 19.5. The summed E-state index contributed by atoms with van der Waals surface area (Å²) in [4.78, 5) is 12.7. The standard InChI is InChI=1S/C22H24N4OS/c1-15-8-6-7-11-19(15)23-21(27)16(2)28-22-25-24-20(18-12-13-18)26(22)14-17-9-4-3-5-10-17/h3-11,16,18H,12-14H2,1-2H3,(H,23,27). The normalized spacial score (nSPS) is 14.6. The molecule has 1 N–H and O–H groups in total. The number of carbonyl (C=O) groups excluding carboxylic acids is 1. The maximum Gasteiger partial charge on any atom is 0.237 e. The third kappa shape index (κ3) is 4.28. The minimum absolute atomic E-state index is 0.0264. The minimum atomic E-state index is -0.273. The number of anilines is 1. The topological polar surface area (TPSA) is 59.8 Å². The molecule has 1 amide bonds. The molecule has 0 aliphatic heterocycles. The molecule has 0 radical (unpaired) electrons. The molecule has 0 spiro atoms. The fourth-order valence-corrected chi connectivity index (χ4v) is 3.96. The van der Waals surface area contributed by atoms with Crippen molar-refractivity contribution in [2.75, 3.05) is 5.32 Å². The van der Waals surface area contributed by atoms with Gasteiger partial charge in [-0.15, -0.1) is 10.2 Å². The molecule has 1 aliphatic rings. The van der Waals surface area contributed by atoms with Crippen LogP contribution in [0.5, 0.6) is 0 Å². The van der Waals surface area contributed by atoms with E-state index in [1.165, 1.54) is 30.2 Å². The number of thioether (sulfide) groups is 1. The van der Waals surface area contributed by atoms with Gasteiger partial charge in [0.2, 0.25) is 5.91 Å². The predicted molar refractivity (Wildman–Crippen MR) is 113 cm³/mol.